The Morgan fingerprint density at radius 3 is 2.67 bits per heavy atom. The van der Waals surface area contributed by atoms with Gasteiger partial charge in [-0.15, -0.1) is 0 Å². The number of Topliss-reactive ketones (excluding diaryl/α,β-unsaturated/α-hetero) is 1. The minimum absolute atomic E-state index is 0.143. The number of hydrogen-bond acceptors (Lipinski definition) is 3. The topological polar surface area (TPSA) is 35.5 Å². The van der Waals surface area contributed by atoms with Crippen molar-refractivity contribution in [3.05, 3.63) is 63.9 Å². The van der Waals surface area contributed by atoms with Gasteiger partial charge in [0.05, 0.1) is 12.7 Å². The maximum absolute atomic E-state index is 12.4. The molecule has 21 heavy (non-hydrogen) atoms. The molecular formula is C17H13ClO3. The molecule has 3 rings (SSSR count). The maximum atomic E-state index is 12.4. The van der Waals surface area contributed by atoms with Gasteiger partial charge in [-0.25, -0.2) is 0 Å². The number of ether oxygens (including phenoxy) is 2. The zero-order valence-electron chi connectivity index (χ0n) is 11.6. The van der Waals surface area contributed by atoms with Crippen LogP contribution < -0.4 is 9.47 Å². The highest BCUT2D eigenvalue weighted by Crippen LogP contribution is 2.39. The summed E-state index contributed by atoms with van der Waals surface area (Å²) in [5.41, 5.74) is 2.11. The van der Waals surface area contributed by atoms with Gasteiger partial charge in [0, 0.05) is 10.6 Å². The lowest BCUT2D eigenvalue weighted by Gasteiger charge is -2.07. The molecule has 1 aliphatic rings. The summed E-state index contributed by atoms with van der Waals surface area (Å²) in [7, 11) is 1.59. The summed E-state index contributed by atoms with van der Waals surface area (Å²) < 4.78 is 11.0. The lowest BCUT2D eigenvalue weighted by Crippen LogP contribution is -1.98. The van der Waals surface area contributed by atoms with Crippen LogP contribution in [0.5, 0.6) is 11.5 Å². The number of ketones is 1. The van der Waals surface area contributed by atoms with Crippen LogP contribution in [-0.4, -0.2) is 12.9 Å². The Hall–Kier alpha value is -2.26. The molecule has 2 aromatic carbocycles. The largest absolute Gasteiger partial charge is 0.496 e. The first-order chi connectivity index (χ1) is 10.1. The Morgan fingerprint density at radius 1 is 1.19 bits per heavy atom. The van der Waals surface area contributed by atoms with E-state index in [-0.39, 0.29) is 11.5 Å². The van der Waals surface area contributed by atoms with Crippen molar-refractivity contribution in [2.24, 2.45) is 0 Å². The number of carbonyl (C=O) groups excluding carboxylic acids is 1. The monoisotopic (exact) mass is 300 g/mol. The van der Waals surface area contributed by atoms with Gasteiger partial charge in [-0.3, -0.25) is 4.79 Å². The number of carbonyl (C=O) groups is 1. The van der Waals surface area contributed by atoms with Gasteiger partial charge in [-0.2, -0.15) is 0 Å². The molecule has 1 heterocycles. The van der Waals surface area contributed by atoms with Crippen LogP contribution in [0.15, 0.2) is 42.2 Å². The van der Waals surface area contributed by atoms with Crippen LogP contribution >= 0.6 is 11.6 Å². The van der Waals surface area contributed by atoms with Crippen molar-refractivity contribution in [3.8, 4) is 11.5 Å². The smallest absolute Gasteiger partial charge is 0.231 e. The van der Waals surface area contributed by atoms with Gasteiger partial charge >= 0.3 is 0 Å². The third-order valence-corrected chi connectivity index (χ3v) is 3.79. The van der Waals surface area contributed by atoms with E-state index in [0.717, 1.165) is 11.1 Å². The third kappa shape index (κ3) is 2.30. The minimum Gasteiger partial charge on any atom is -0.496 e. The molecular weight excluding hydrogens is 288 g/mol. The number of hydrogen-bond donors (Lipinski definition) is 0. The highest BCUT2D eigenvalue weighted by atomic mass is 35.5. The summed E-state index contributed by atoms with van der Waals surface area (Å²) in [6.45, 7) is 1.86. The van der Waals surface area contributed by atoms with Gasteiger partial charge in [0.1, 0.15) is 11.5 Å². The second-order valence-corrected chi connectivity index (χ2v) is 5.14. The van der Waals surface area contributed by atoms with Gasteiger partial charge in [0.2, 0.25) is 5.78 Å². The Morgan fingerprint density at radius 2 is 1.95 bits per heavy atom. The molecule has 106 valence electrons. The van der Waals surface area contributed by atoms with Crippen LogP contribution in [0.25, 0.3) is 6.08 Å². The average molecular weight is 301 g/mol. The molecule has 0 atom stereocenters. The highest BCUT2D eigenvalue weighted by molar-refractivity contribution is 6.32. The second-order valence-electron chi connectivity index (χ2n) is 4.73. The van der Waals surface area contributed by atoms with Crippen LogP contribution in [0, 0.1) is 6.92 Å². The fraction of sp³-hybridized carbons (Fsp3) is 0.118. The molecule has 1 aliphatic heterocycles. The Kier molecular flexibility index (Phi) is 3.43. The lowest BCUT2D eigenvalue weighted by atomic mass is 10.1. The van der Waals surface area contributed by atoms with E-state index >= 15 is 0 Å². The van der Waals surface area contributed by atoms with E-state index in [0.29, 0.717) is 22.1 Å². The van der Waals surface area contributed by atoms with Crippen molar-refractivity contribution in [3.63, 3.8) is 0 Å². The zero-order valence-corrected chi connectivity index (χ0v) is 12.4. The van der Waals surface area contributed by atoms with Crippen LogP contribution in [0.3, 0.4) is 0 Å². The molecule has 2 aromatic rings. The maximum Gasteiger partial charge on any atom is 0.231 e. The number of halogens is 1. The first-order valence-electron chi connectivity index (χ1n) is 6.48. The molecule has 0 amide bonds. The summed E-state index contributed by atoms with van der Waals surface area (Å²) in [5, 5.41) is 0.576. The van der Waals surface area contributed by atoms with Crippen LogP contribution in [0.2, 0.25) is 5.02 Å². The van der Waals surface area contributed by atoms with Crippen molar-refractivity contribution in [1.29, 1.82) is 0 Å². The number of allylic oxidation sites excluding steroid dienone is 1. The van der Waals surface area contributed by atoms with Crippen LogP contribution in [0.1, 0.15) is 21.5 Å². The van der Waals surface area contributed by atoms with E-state index in [1.54, 1.807) is 31.4 Å². The van der Waals surface area contributed by atoms with Crippen molar-refractivity contribution < 1.29 is 14.3 Å². The average Bonchev–Trinajstić information content (AvgIpc) is 2.80. The standard InChI is InChI=1S/C17H13ClO3/c1-10-14(20-2)8-7-12-16(19)15(21-17(10)12)9-11-5-3-4-6-13(11)18/h3-9H,1-2H3/b15-9-. The first-order valence-corrected chi connectivity index (χ1v) is 6.86. The lowest BCUT2D eigenvalue weighted by molar-refractivity contribution is 0.101. The van der Waals surface area contributed by atoms with Crippen molar-refractivity contribution in [2.45, 2.75) is 6.92 Å². The predicted molar refractivity (Wildman–Crippen MR) is 82.1 cm³/mol. The van der Waals surface area contributed by atoms with Gasteiger partial charge in [-0.1, -0.05) is 29.8 Å². The second kappa shape index (κ2) is 5.26. The quantitative estimate of drug-likeness (QED) is 0.777. The highest BCUT2D eigenvalue weighted by Gasteiger charge is 2.30. The third-order valence-electron chi connectivity index (χ3n) is 3.45. The fourth-order valence-electron chi connectivity index (χ4n) is 2.32. The van der Waals surface area contributed by atoms with E-state index in [2.05, 4.69) is 0 Å². The molecule has 0 aliphatic carbocycles. The normalized spacial score (nSPS) is 15.0. The fourth-order valence-corrected chi connectivity index (χ4v) is 2.51. The molecule has 4 heteroatoms. The number of fused-ring (bicyclic) bond motifs is 1. The van der Waals surface area contributed by atoms with Gasteiger partial charge in [-0.05, 0) is 36.8 Å². The first kappa shape index (κ1) is 13.7. The van der Waals surface area contributed by atoms with Gasteiger partial charge in [0.25, 0.3) is 0 Å². The van der Waals surface area contributed by atoms with Crippen molar-refractivity contribution in [1.82, 2.24) is 0 Å². The van der Waals surface area contributed by atoms with Crippen molar-refractivity contribution >= 4 is 23.5 Å². The summed E-state index contributed by atoms with van der Waals surface area (Å²) in [6, 6.07) is 10.8. The molecule has 0 spiro atoms. The van der Waals surface area contributed by atoms with Gasteiger partial charge in [0.15, 0.2) is 5.76 Å². The molecule has 3 nitrogen and oxygen atoms in total. The summed E-state index contributed by atoms with van der Waals surface area (Å²) in [4.78, 5) is 12.4. The van der Waals surface area contributed by atoms with Crippen LogP contribution in [0.4, 0.5) is 0 Å². The van der Waals surface area contributed by atoms with Crippen molar-refractivity contribution in [2.75, 3.05) is 7.11 Å². The van der Waals surface area contributed by atoms with Gasteiger partial charge < -0.3 is 9.47 Å². The zero-order chi connectivity index (χ0) is 15.0. The summed E-state index contributed by atoms with van der Waals surface area (Å²) in [6.07, 6.45) is 1.66. The molecule has 0 saturated heterocycles. The molecule has 0 N–H and O–H groups in total. The number of rotatable bonds is 2. The molecule has 0 saturated carbocycles. The molecule has 0 unspecified atom stereocenters. The molecule has 0 aromatic heterocycles. The molecule has 0 radical (unpaired) electrons. The van der Waals surface area contributed by atoms with E-state index < -0.39 is 0 Å². The number of benzene rings is 2. The minimum atomic E-state index is -0.143. The molecule has 0 bridgehead atoms. The Bertz CT molecular complexity index is 763. The number of methoxy groups -OCH3 is 1. The Labute approximate surface area is 127 Å². The summed E-state index contributed by atoms with van der Waals surface area (Å²) >= 11 is 6.11. The van der Waals surface area contributed by atoms with Crippen LogP contribution in [-0.2, 0) is 0 Å². The molecule has 0 fully saturated rings. The van der Waals surface area contributed by atoms with E-state index in [4.69, 9.17) is 21.1 Å². The van der Waals surface area contributed by atoms with E-state index in [1.165, 1.54) is 0 Å². The van der Waals surface area contributed by atoms with E-state index in [1.807, 2.05) is 25.1 Å². The van der Waals surface area contributed by atoms with E-state index in [9.17, 15) is 4.79 Å². The predicted octanol–water partition coefficient (Wildman–Crippen LogP) is 4.27. The SMILES string of the molecule is COc1ccc2c(c1C)O/C(=C\c1ccccc1Cl)C2=O. The summed E-state index contributed by atoms with van der Waals surface area (Å²) in [5.74, 6) is 1.38. The Balaban J connectivity index is 2.05.